The molecule has 0 saturated heterocycles. The minimum absolute atomic E-state index is 0.544. The van der Waals surface area contributed by atoms with Gasteiger partial charge in [0.1, 0.15) is 6.33 Å². The zero-order valence-corrected chi connectivity index (χ0v) is 15.2. The standard InChI is InChI=1S/C19H19N5O3/c1-25-16-9-13(10-17(26-2)18(16)27-3)15-11-21-23-12-20-22-19(23)24(15)14-7-5-4-6-8-14/h4-12,21H,1-3H3. The smallest absolute Gasteiger partial charge is 0.255 e. The molecule has 3 aromatic rings. The molecule has 0 unspecified atom stereocenters. The number of anilines is 2. The van der Waals surface area contributed by atoms with Crippen LogP contribution in [0.2, 0.25) is 0 Å². The fourth-order valence-electron chi connectivity index (χ4n) is 3.05. The molecule has 1 aliphatic rings. The number of nitrogens with zero attached hydrogens (tertiary/aromatic N) is 4. The van der Waals surface area contributed by atoms with E-state index in [1.807, 2.05) is 53.6 Å². The third-order valence-electron chi connectivity index (χ3n) is 4.29. The van der Waals surface area contributed by atoms with Crippen molar-refractivity contribution >= 4 is 17.3 Å². The van der Waals surface area contributed by atoms with E-state index in [1.54, 1.807) is 32.3 Å². The number of para-hydroxylation sites is 1. The summed E-state index contributed by atoms with van der Waals surface area (Å²) in [7, 11) is 4.78. The van der Waals surface area contributed by atoms with Gasteiger partial charge >= 0.3 is 0 Å². The zero-order chi connectivity index (χ0) is 18.8. The molecule has 138 valence electrons. The second-order valence-electron chi connectivity index (χ2n) is 5.74. The lowest BCUT2D eigenvalue weighted by molar-refractivity contribution is 0.324. The highest BCUT2D eigenvalue weighted by Gasteiger charge is 2.26. The van der Waals surface area contributed by atoms with Gasteiger partial charge in [-0.25, -0.2) is 4.68 Å². The van der Waals surface area contributed by atoms with Crippen LogP contribution in [-0.4, -0.2) is 36.2 Å². The maximum absolute atomic E-state index is 5.50. The van der Waals surface area contributed by atoms with E-state index in [0.717, 1.165) is 16.9 Å². The molecule has 1 N–H and O–H groups in total. The van der Waals surface area contributed by atoms with E-state index in [2.05, 4.69) is 15.6 Å². The molecule has 0 bridgehead atoms. The van der Waals surface area contributed by atoms with Crippen LogP contribution in [0.1, 0.15) is 5.56 Å². The third kappa shape index (κ3) is 2.80. The first-order valence-corrected chi connectivity index (χ1v) is 8.29. The summed E-state index contributed by atoms with van der Waals surface area (Å²) < 4.78 is 18.2. The number of rotatable bonds is 5. The number of hydrogen-bond acceptors (Lipinski definition) is 7. The fourth-order valence-corrected chi connectivity index (χ4v) is 3.05. The van der Waals surface area contributed by atoms with E-state index in [4.69, 9.17) is 14.2 Å². The summed E-state index contributed by atoms with van der Waals surface area (Å²) in [5, 5.41) is 8.27. The Balaban J connectivity index is 1.88. The second-order valence-corrected chi connectivity index (χ2v) is 5.74. The average molecular weight is 365 g/mol. The maximum Gasteiger partial charge on any atom is 0.255 e. The molecule has 0 spiro atoms. The van der Waals surface area contributed by atoms with Gasteiger partial charge in [-0.2, -0.15) is 0 Å². The number of methoxy groups -OCH3 is 3. The van der Waals surface area contributed by atoms with Gasteiger partial charge in [0.2, 0.25) is 5.75 Å². The van der Waals surface area contributed by atoms with Crippen LogP contribution in [0.25, 0.3) is 5.70 Å². The van der Waals surface area contributed by atoms with E-state index in [-0.39, 0.29) is 0 Å². The van der Waals surface area contributed by atoms with E-state index in [1.165, 1.54) is 0 Å². The Bertz CT molecular complexity index is 959. The lowest BCUT2D eigenvalue weighted by atomic mass is 10.1. The highest BCUT2D eigenvalue weighted by molar-refractivity contribution is 5.88. The van der Waals surface area contributed by atoms with Gasteiger partial charge in [0.05, 0.1) is 27.0 Å². The van der Waals surface area contributed by atoms with Crippen molar-refractivity contribution in [1.82, 2.24) is 14.9 Å². The Morgan fingerprint density at radius 2 is 1.63 bits per heavy atom. The number of aromatic nitrogens is 3. The highest BCUT2D eigenvalue weighted by Crippen LogP contribution is 2.42. The molecule has 8 heteroatoms. The Morgan fingerprint density at radius 1 is 0.926 bits per heavy atom. The normalized spacial score (nSPS) is 12.7. The van der Waals surface area contributed by atoms with Crippen molar-refractivity contribution in [2.75, 3.05) is 31.7 Å². The van der Waals surface area contributed by atoms with Crippen molar-refractivity contribution in [3.8, 4) is 17.2 Å². The molecule has 0 saturated carbocycles. The van der Waals surface area contributed by atoms with Gasteiger partial charge in [0.15, 0.2) is 11.5 Å². The SMILES string of the molecule is COc1cc(C2=CNn3cnnc3N2c2ccccc2)cc(OC)c1OC. The van der Waals surface area contributed by atoms with Gasteiger partial charge in [0.25, 0.3) is 5.95 Å². The third-order valence-corrected chi connectivity index (χ3v) is 4.29. The molecule has 2 heterocycles. The van der Waals surface area contributed by atoms with Crippen molar-refractivity contribution in [2.45, 2.75) is 0 Å². The molecule has 2 aromatic carbocycles. The van der Waals surface area contributed by atoms with E-state index >= 15 is 0 Å². The molecule has 8 nitrogen and oxygen atoms in total. The van der Waals surface area contributed by atoms with Crippen molar-refractivity contribution in [3.63, 3.8) is 0 Å². The van der Waals surface area contributed by atoms with Crippen LogP contribution in [0.5, 0.6) is 17.2 Å². The average Bonchev–Trinajstić information content (AvgIpc) is 3.21. The lowest BCUT2D eigenvalue weighted by Crippen LogP contribution is -2.28. The van der Waals surface area contributed by atoms with Crippen LogP contribution in [0.3, 0.4) is 0 Å². The van der Waals surface area contributed by atoms with Gasteiger partial charge in [0, 0.05) is 17.5 Å². The Hall–Kier alpha value is -3.68. The first kappa shape index (κ1) is 16.8. The van der Waals surface area contributed by atoms with E-state index in [0.29, 0.717) is 23.2 Å². The Labute approximate surface area is 156 Å². The van der Waals surface area contributed by atoms with Gasteiger partial charge in [-0.15, -0.1) is 10.2 Å². The van der Waals surface area contributed by atoms with E-state index in [9.17, 15) is 0 Å². The monoisotopic (exact) mass is 365 g/mol. The predicted molar refractivity (Wildman–Crippen MR) is 102 cm³/mol. The minimum atomic E-state index is 0.544. The number of ether oxygens (including phenoxy) is 3. The summed E-state index contributed by atoms with van der Waals surface area (Å²) in [6.45, 7) is 0. The summed E-state index contributed by atoms with van der Waals surface area (Å²) in [6, 6.07) is 13.7. The van der Waals surface area contributed by atoms with Crippen LogP contribution >= 0.6 is 0 Å². The van der Waals surface area contributed by atoms with Crippen molar-refractivity contribution in [1.29, 1.82) is 0 Å². The molecule has 1 aromatic heterocycles. The maximum atomic E-state index is 5.50. The molecular weight excluding hydrogens is 346 g/mol. The van der Waals surface area contributed by atoms with Crippen molar-refractivity contribution in [2.24, 2.45) is 0 Å². The summed E-state index contributed by atoms with van der Waals surface area (Å²) in [6.07, 6.45) is 3.50. The number of benzene rings is 2. The van der Waals surface area contributed by atoms with Gasteiger partial charge in [-0.3, -0.25) is 10.3 Å². The molecule has 4 rings (SSSR count). The molecule has 0 aliphatic carbocycles. The lowest BCUT2D eigenvalue weighted by Gasteiger charge is -2.30. The number of fused-ring (bicyclic) bond motifs is 1. The van der Waals surface area contributed by atoms with Crippen molar-refractivity contribution < 1.29 is 14.2 Å². The fraction of sp³-hybridized carbons (Fsp3) is 0.158. The van der Waals surface area contributed by atoms with Crippen LogP contribution in [0, 0.1) is 0 Å². The van der Waals surface area contributed by atoms with E-state index < -0.39 is 0 Å². The topological polar surface area (TPSA) is 73.7 Å². The minimum Gasteiger partial charge on any atom is -0.493 e. The molecular formula is C19H19N5O3. The molecule has 27 heavy (non-hydrogen) atoms. The van der Waals surface area contributed by atoms with Gasteiger partial charge < -0.3 is 14.2 Å². The number of hydrogen-bond donors (Lipinski definition) is 1. The summed E-state index contributed by atoms with van der Waals surface area (Å²) >= 11 is 0. The van der Waals surface area contributed by atoms with Crippen molar-refractivity contribution in [3.05, 3.63) is 60.6 Å². The van der Waals surface area contributed by atoms with Gasteiger partial charge in [-0.05, 0) is 24.3 Å². The molecule has 0 fully saturated rings. The quantitative estimate of drug-likeness (QED) is 0.745. The largest absolute Gasteiger partial charge is 0.493 e. The van der Waals surface area contributed by atoms with Gasteiger partial charge in [-0.1, -0.05) is 18.2 Å². The van der Waals surface area contributed by atoms with Crippen LogP contribution in [0.4, 0.5) is 11.6 Å². The first-order chi connectivity index (χ1) is 13.3. The summed E-state index contributed by atoms with van der Waals surface area (Å²) in [5.41, 5.74) is 5.85. The molecule has 0 amide bonds. The first-order valence-electron chi connectivity index (χ1n) is 8.29. The molecule has 0 radical (unpaired) electrons. The highest BCUT2D eigenvalue weighted by atomic mass is 16.5. The summed E-state index contributed by atoms with van der Waals surface area (Å²) in [5.74, 6) is 2.34. The molecule has 1 aliphatic heterocycles. The van der Waals surface area contributed by atoms with Crippen LogP contribution in [0.15, 0.2) is 55.0 Å². The van der Waals surface area contributed by atoms with Crippen LogP contribution < -0.4 is 24.5 Å². The summed E-state index contributed by atoms with van der Waals surface area (Å²) in [4.78, 5) is 2.00. The Morgan fingerprint density at radius 3 is 2.26 bits per heavy atom. The Kier molecular flexibility index (Phi) is 4.29. The zero-order valence-electron chi connectivity index (χ0n) is 15.2. The molecule has 0 atom stereocenters. The van der Waals surface area contributed by atoms with Crippen LogP contribution in [-0.2, 0) is 0 Å². The predicted octanol–water partition coefficient (Wildman–Crippen LogP) is 3.00. The second kappa shape index (κ2) is 6.91. The number of nitrogens with one attached hydrogen (secondary N) is 1.